The molecular formula is C19H29ClN2O2S. The van der Waals surface area contributed by atoms with E-state index < -0.39 is 21.6 Å². The number of terminal acetylenes is 1. The van der Waals surface area contributed by atoms with Crippen LogP contribution in [0.2, 0.25) is 5.15 Å². The standard InChI is InChI=1S/C19H29ClN2O2S/c1-9-10-19(17(2,3)4,22-25(23)18(5,6)7)12-14-11-15(24-8)16(20)21-13-14/h1,11,13,22H,10,12H2,2-8H3/t19-,25?/m1/s1. The quantitative estimate of drug-likeness (QED) is 0.454. The zero-order valence-corrected chi connectivity index (χ0v) is 17.8. The molecule has 0 amide bonds. The number of nitrogens with zero attached hydrogens (tertiary/aromatic N) is 1. The summed E-state index contributed by atoms with van der Waals surface area (Å²) in [6.45, 7) is 12.1. The molecule has 0 aliphatic carbocycles. The van der Waals surface area contributed by atoms with Crippen LogP contribution in [-0.4, -0.2) is 26.9 Å². The van der Waals surface area contributed by atoms with Crippen molar-refractivity contribution in [1.29, 1.82) is 0 Å². The molecule has 0 spiro atoms. The summed E-state index contributed by atoms with van der Waals surface area (Å²) in [7, 11) is 1.55. The predicted octanol–water partition coefficient (Wildman–Crippen LogP) is 4.15. The van der Waals surface area contributed by atoms with E-state index in [2.05, 4.69) is 36.4 Å². The van der Waals surface area contributed by atoms with Crippen molar-refractivity contribution in [2.45, 2.75) is 64.7 Å². The first-order chi connectivity index (χ1) is 11.4. The minimum Gasteiger partial charge on any atom is -0.598 e. The molecule has 0 radical (unpaired) electrons. The van der Waals surface area contributed by atoms with Crippen LogP contribution in [0.3, 0.4) is 0 Å². The van der Waals surface area contributed by atoms with Crippen molar-refractivity contribution in [3.8, 4) is 18.1 Å². The van der Waals surface area contributed by atoms with E-state index in [1.165, 1.54) is 0 Å². The van der Waals surface area contributed by atoms with Gasteiger partial charge in [-0.25, -0.2) is 4.98 Å². The summed E-state index contributed by atoms with van der Waals surface area (Å²) in [6, 6.07) is 1.86. The lowest BCUT2D eigenvalue weighted by molar-refractivity contribution is 0.167. The molecule has 6 heteroatoms. The predicted molar refractivity (Wildman–Crippen MR) is 106 cm³/mol. The lowest BCUT2D eigenvalue weighted by Crippen LogP contribution is -2.61. The summed E-state index contributed by atoms with van der Waals surface area (Å²) < 4.78 is 21.0. The third-order valence-corrected chi connectivity index (χ3v) is 6.25. The Morgan fingerprint density at radius 3 is 2.36 bits per heavy atom. The van der Waals surface area contributed by atoms with Crippen LogP contribution in [0.4, 0.5) is 0 Å². The van der Waals surface area contributed by atoms with Crippen molar-refractivity contribution in [2.24, 2.45) is 5.41 Å². The van der Waals surface area contributed by atoms with Gasteiger partial charge in [0.05, 0.1) is 12.6 Å². The number of hydrogen-bond donors (Lipinski definition) is 1. The van der Waals surface area contributed by atoms with Gasteiger partial charge >= 0.3 is 0 Å². The summed E-state index contributed by atoms with van der Waals surface area (Å²) >= 11 is 4.77. The van der Waals surface area contributed by atoms with E-state index in [1.54, 1.807) is 13.3 Å². The fourth-order valence-corrected chi connectivity index (χ4v) is 3.67. The Morgan fingerprint density at radius 1 is 1.32 bits per heavy atom. The molecule has 0 fully saturated rings. The average molecular weight is 385 g/mol. The molecule has 1 rings (SSSR count). The van der Waals surface area contributed by atoms with E-state index in [0.29, 0.717) is 23.7 Å². The van der Waals surface area contributed by atoms with Gasteiger partial charge in [-0.1, -0.05) is 32.4 Å². The second-order valence-electron chi connectivity index (χ2n) is 8.21. The fourth-order valence-electron chi connectivity index (χ4n) is 2.38. The summed E-state index contributed by atoms with van der Waals surface area (Å²) in [5, 5.41) is 0.316. The molecule has 0 saturated carbocycles. The number of rotatable bonds is 6. The van der Waals surface area contributed by atoms with Gasteiger partial charge in [0, 0.05) is 24.0 Å². The van der Waals surface area contributed by atoms with E-state index in [9.17, 15) is 4.55 Å². The van der Waals surface area contributed by atoms with Gasteiger partial charge in [0.15, 0.2) is 10.9 Å². The van der Waals surface area contributed by atoms with Gasteiger partial charge in [-0.15, -0.1) is 17.1 Å². The minimum absolute atomic E-state index is 0.243. The monoisotopic (exact) mass is 384 g/mol. The van der Waals surface area contributed by atoms with Crippen molar-refractivity contribution < 1.29 is 9.29 Å². The molecule has 0 bridgehead atoms. The SMILES string of the molecule is C#CC[C@](Cc1cnc(Cl)c(OC)c1)(N[S+]([O-])C(C)(C)C)C(C)(C)C. The molecular weight excluding hydrogens is 356 g/mol. The van der Waals surface area contributed by atoms with E-state index in [4.69, 9.17) is 22.8 Å². The third-order valence-electron chi connectivity index (χ3n) is 4.27. The molecule has 1 aromatic rings. The van der Waals surface area contributed by atoms with Crippen molar-refractivity contribution in [2.75, 3.05) is 7.11 Å². The number of nitrogens with one attached hydrogen (secondary N) is 1. The van der Waals surface area contributed by atoms with Crippen molar-refractivity contribution in [3.63, 3.8) is 0 Å². The summed E-state index contributed by atoms with van der Waals surface area (Å²) in [6.07, 6.45) is 8.38. The van der Waals surface area contributed by atoms with Crippen molar-refractivity contribution >= 4 is 23.0 Å². The summed E-state index contributed by atoms with van der Waals surface area (Å²) in [5.41, 5.74) is 0.109. The van der Waals surface area contributed by atoms with Gasteiger partial charge in [0.2, 0.25) is 0 Å². The molecule has 1 heterocycles. The second kappa shape index (κ2) is 8.18. The zero-order chi connectivity index (χ0) is 19.5. The highest BCUT2D eigenvalue weighted by molar-refractivity contribution is 7.90. The Kier molecular flexibility index (Phi) is 7.23. The third kappa shape index (κ3) is 5.52. The van der Waals surface area contributed by atoms with Gasteiger partial charge in [-0.05, 0) is 44.2 Å². The van der Waals surface area contributed by atoms with Gasteiger partial charge in [0.1, 0.15) is 4.75 Å². The van der Waals surface area contributed by atoms with Crippen LogP contribution in [0.25, 0.3) is 0 Å². The molecule has 4 nitrogen and oxygen atoms in total. The Bertz CT molecular complexity index is 632. The van der Waals surface area contributed by atoms with Gasteiger partial charge < -0.3 is 9.29 Å². The second-order valence-corrected chi connectivity index (χ2v) is 10.5. The van der Waals surface area contributed by atoms with Crippen LogP contribution < -0.4 is 9.46 Å². The highest BCUT2D eigenvalue weighted by Gasteiger charge is 2.47. The smallest absolute Gasteiger partial charge is 0.171 e. The van der Waals surface area contributed by atoms with Crippen LogP contribution in [-0.2, 0) is 17.8 Å². The zero-order valence-electron chi connectivity index (χ0n) is 16.2. The van der Waals surface area contributed by atoms with E-state index >= 15 is 0 Å². The number of ether oxygens (including phenoxy) is 1. The number of methoxy groups -OCH3 is 1. The maximum Gasteiger partial charge on any atom is 0.171 e. The fraction of sp³-hybridized carbons (Fsp3) is 0.632. The lowest BCUT2D eigenvalue weighted by Gasteiger charge is -2.45. The Labute approximate surface area is 160 Å². The Morgan fingerprint density at radius 2 is 1.92 bits per heavy atom. The maximum atomic E-state index is 12.8. The van der Waals surface area contributed by atoms with Crippen LogP contribution in [0.1, 0.15) is 53.5 Å². The lowest BCUT2D eigenvalue weighted by atomic mass is 9.69. The van der Waals surface area contributed by atoms with E-state index in [1.807, 2.05) is 26.8 Å². The largest absolute Gasteiger partial charge is 0.598 e. The van der Waals surface area contributed by atoms with Crippen molar-refractivity contribution in [1.82, 2.24) is 9.71 Å². The molecule has 140 valence electrons. The number of aromatic nitrogens is 1. The molecule has 0 saturated heterocycles. The molecule has 2 atom stereocenters. The highest BCUT2D eigenvalue weighted by atomic mass is 35.5. The molecule has 0 aliphatic rings. The number of pyridine rings is 1. The van der Waals surface area contributed by atoms with Crippen LogP contribution in [0.5, 0.6) is 5.75 Å². The first kappa shape index (κ1) is 22.1. The summed E-state index contributed by atoms with van der Waals surface area (Å²) in [5.74, 6) is 3.27. The molecule has 0 aliphatic heterocycles. The Balaban J connectivity index is 3.33. The first-order valence-corrected chi connectivity index (χ1v) is 9.70. The molecule has 25 heavy (non-hydrogen) atoms. The Hall–Kier alpha value is -0.930. The maximum absolute atomic E-state index is 12.8. The summed E-state index contributed by atoms with van der Waals surface area (Å²) in [4.78, 5) is 4.19. The topological polar surface area (TPSA) is 57.2 Å². The minimum atomic E-state index is -1.26. The first-order valence-electron chi connectivity index (χ1n) is 8.18. The molecule has 0 aromatic carbocycles. The normalized spacial score (nSPS) is 16.0. The number of hydrogen-bond acceptors (Lipinski definition) is 4. The molecule has 1 unspecified atom stereocenters. The van der Waals surface area contributed by atoms with Crippen molar-refractivity contribution in [3.05, 3.63) is 23.0 Å². The van der Waals surface area contributed by atoms with E-state index in [0.717, 1.165) is 5.56 Å². The van der Waals surface area contributed by atoms with E-state index in [-0.39, 0.29) is 5.41 Å². The van der Waals surface area contributed by atoms with Crippen LogP contribution >= 0.6 is 11.6 Å². The van der Waals surface area contributed by atoms with Crippen LogP contribution in [0, 0.1) is 17.8 Å². The average Bonchev–Trinajstić information content (AvgIpc) is 2.47. The molecule has 1 N–H and O–H groups in total. The van der Waals surface area contributed by atoms with Gasteiger partial charge in [0.25, 0.3) is 0 Å². The number of halogens is 1. The molecule has 1 aromatic heterocycles. The van der Waals surface area contributed by atoms with Gasteiger partial charge in [-0.3, -0.25) is 0 Å². The highest BCUT2D eigenvalue weighted by Crippen LogP contribution is 2.38. The van der Waals surface area contributed by atoms with Crippen LogP contribution in [0.15, 0.2) is 12.3 Å². The van der Waals surface area contributed by atoms with Gasteiger partial charge in [-0.2, -0.15) is 0 Å².